The van der Waals surface area contributed by atoms with Gasteiger partial charge >= 0.3 is 5.97 Å². The van der Waals surface area contributed by atoms with Crippen molar-refractivity contribution in [1.29, 1.82) is 0 Å². The van der Waals surface area contributed by atoms with E-state index in [9.17, 15) is 4.79 Å². The van der Waals surface area contributed by atoms with Crippen molar-refractivity contribution in [3.05, 3.63) is 45.3 Å². The largest absolute Gasteiger partial charge is 0.465 e. The Kier molecular flexibility index (Phi) is 4.74. The first-order valence-corrected chi connectivity index (χ1v) is 7.38. The zero-order valence-electron chi connectivity index (χ0n) is 11.9. The number of anilines is 1. The number of methoxy groups -OCH3 is 1. The van der Waals surface area contributed by atoms with Gasteiger partial charge in [0.15, 0.2) is 0 Å². The van der Waals surface area contributed by atoms with E-state index in [1.165, 1.54) is 17.6 Å². The van der Waals surface area contributed by atoms with E-state index in [2.05, 4.69) is 28.7 Å². The van der Waals surface area contributed by atoms with E-state index in [1.807, 2.05) is 0 Å². The van der Waals surface area contributed by atoms with E-state index in [-0.39, 0.29) is 5.97 Å². The van der Waals surface area contributed by atoms with Crippen LogP contribution in [0.1, 0.15) is 33.4 Å². The molecular formula is C15H18N2O2S. The second-order valence-corrected chi connectivity index (χ2v) is 5.40. The normalized spacial score (nSPS) is 10.3. The first-order valence-electron chi connectivity index (χ1n) is 6.50. The number of esters is 1. The van der Waals surface area contributed by atoms with Crippen LogP contribution in [0.2, 0.25) is 0 Å². The lowest BCUT2D eigenvalue weighted by Gasteiger charge is -2.08. The Morgan fingerprint density at radius 3 is 2.85 bits per heavy atom. The summed E-state index contributed by atoms with van der Waals surface area (Å²) in [5.41, 5.74) is 2.54. The summed E-state index contributed by atoms with van der Waals surface area (Å²) >= 11 is 1.74. The number of carbonyl (C=O) groups is 1. The molecule has 0 aliphatic carbocycles. The number of pyridine rings is 1. The maximum Gasteiger partial charge on any atom is 0.339 e. The summed E-state index contributed by atoms with van der Waals surface area (Å²) in [5, 5.41) is 5.40. The maximum atomic E-state index is 11.5. The molecule has 2 aromatic heterocycles. The summed E-state index contributed by atoms with van der Waals surface area (Å²) < 4.78 is 4.71. The molecule has 4 nitrogen and oxygen atoms in total. The van der Waals surface area contributed by atoms with E-state index in [0.717, 1.165) is 18.8 Å². The number of hydrogen-bond acceptors (Lipinski definition) is 5. The highest BCUT2D eigenvalue weighted by Crippen LogP contribution is 2.19. The molecule has 2 heterocycles. The molecule has 0 fully saturated rings. The minimum absolute atomic E-state index is 0.354. The SMILES string of the molecule is CCc1ccsc1CNc1ccc(C(=O)OC)c(C)n1. The third kappa shape index (κ3) is 3.17. The molecule has 2 aromatic rings. The summed E-state index contributed by atoms with van der Waals surface area (Å²) in [7, 11) is 1.37. The molecule has 0 amide bonds. The lowest BCUT2D eigenvalue weighted by Crippen LogP contribution is -2.08. The second-order valence-electron chi connectivity index (χ2n) is 4.40. The Morgan fingerprint density at radius 1 is 1.40 bits per heavy atom. The minimum Gasteiger partial charge on any atom is -0.465 e. The summed E-state index contributed by atoms with van der Waals surface area (Å²) in [4.78, 5) is 17.2. The van der Waals surface area contributed by atoms with Crippen molar-refractivity contribution < 1.29 is 9.53 Å². The van der Waals surface area contributed by atoms with Gasteiger partial charge in [0.2, 0.25) is 0 Å². The van der Waals surface area contributed by atoms with Crippen LogP contribution in [0, 0.1) is 6.92 Å². The Labute approximate surface area is 122 Å². The first-order chi connectivity index (χ1) is 9.65. The molecule has 20 heavy (non-hydrogen) atoms. The molecule has 5 heteroatoms. The van der Waals surface area contributed by atoms with E-state index >= 15 is 0 Å². The first kappa shape index (κ1) is 14.5. The lowest BCUT2D eigenvalue weighted by atomic mass is 10.2. The molecule has 106 valence electrons. The molecule has 0 radical (unpaired) electrons. The average Bonchev–Trinajstić information content (AvgIpc) is 2.92. The molecule has 0 aromatic carbocycles. The van der Waals surface area contributed by atoms with Gasteiger partial charge in [-0.3, -0.25) is 0 Å². The van der Waals surface area contributed by atoms with Gasteiger partial charge in [0.25, 0.3) is 0 Å². The molecule has 0 aliphatic rings. The van der Waals surface area contributed by atoms with Gasteiger partial charge in [-0.15, -0.1) is 11.3 Å². The van der Waals surface area contributed by atoms with Crippen molar-refractivity contribution in [2.75, 3.05) is 12.4 Å². The van der Waals surface area contributed by atoms with Crippen LogP contribution >= 0.6 is 11.3 Å². The van der Waals surface area contributed by atoms with Crippen molar-refractivity contribution in [1.82, 2.24) is 4.98 Å². The average molecular weight is 290 g/mol. The van der Waals surface area contributed by atoms with Crippen LogP contribution in [0.25, 0.3) is 0 Å². The van der Waals surface area contributed by atoms with Crippen LogP contribution in [0.4, 0.5) is 5.82 Å². The molecular weight excluding hydrogens is 272 g/mol. The maximum absolute atomic E-state index is 11.5. The van der Waals surface area contributed by atoms with Crippen molar-refractivity contribution in [3.8, 4) is 0 Å². The molecule has 2 rings (SSSR count). The minimum atomic E-state index is -0.354. The van der Waals surface area contributed by atoms with Crippen LogP contribution in [0.15, 0.2) is 23.6 Å². The summed E-state index contributed by atoms with van der Waals surface area (Å²) in [5.74, 6) is 0.415. The number of hydrogen-bond donors (Lipinski definition) is 1. The fourth-order valence-corrected chi connectivity index (χ4v) is 2.91. The lowest BCUT2D eigenvalue weighted by molar-refractivity contribution is 0.0599. The summed E-state index contributed by atoms with van der Waals surface area (Å²) in [6, 6.07) is 5.70. The Morgan fingerprint density at radius 2 is 2.20 bits per heavy atom. The standard InChI is InChI=1S/C15H18N2O2S/c1-4-11-7-8-20-13(11)9-16-14-6-5-12(10(2)17-14)15(18)19-3/h5-8H,4,9H2,1-3H3,(H,16,17). The number of thiophene rings is 1. The number of aryl methyl sites for hydroxylation is 2. The van der Waals surface area contributed by atoms with Crippen molar-refractivity contribution in [2.24, 2.45) is 0 Å². The number of carbonyl (C=O) groups excluding carboxylic acids is 1. The topological polar surface area (TPSA) is 51.2 Å². The van der Waals surface area contributed by atoms with E-state index in [4.69, 9.17) is 4.74 Å². The van der Waals surface area contributed by atoms with E-state index in [0.29, 0.717) is 11.3 Å². The molecule has 0 unspecified atom stereocenters. The van der Waals surface area contributed by atoms with E-state index < -0.39 is 0 Å². The third-order valence-corrected chi connectivity index (χ3v) is 4.10. The van der Waals surface area contributed by atoms with Crippen LogP contribution in [-0.4, -0.2) is 18.1 Å². The number of nitrogens with one attached hydrogen (secondary N) is 1. The quantitative estimate of drug-likeness (QED) is 0.857. The van der Waals surface area contributed by atoms with Crippen molar-refractivity contribution >= 4 is 23.1 Å². The highest BCUT2D eigenvalue weighted by atomic mass is 32.1. The molecule has 0 bridgehead atoms. The van der Waals surface area contributed by atoms with E-state index in [1.54, 1.807) is 30.4 Å². The van der Waals surface area contributed by atoms with Gasteiger partial charge in [0, 0.05) is 4.88 Å². The molecule has 0 spiro atoms. The number of rotatable bonds is 5. The Hall–Kier alpha value is -1.88. The Bertz CT molecular complexity index is 608. The highest BCUT2D eigenvalue weighted by Gasteiger charge is 2.10. The predicted octanol–water partition coefficient (Wildman–Crippen LogP) is 3.41. The molecule has 0 saturated heterocycles. The van der Waals surface area contributed by atoms with Crippen LogP contribution in [0.3, 0.4) is 0 Å². The Balaban J connectivity index is 2.07. The van der Waals surface area contributed by atoms with Gasteiger partial charge in [-0.05, 0) is 42.5 Å². The highest BCUT2D eigenvalue weighted by molar-refractivity contribution is 7.10. The van der Waals surface area contributed by atoms with Gasteiger partial charge < -0.3 is 10.1 Å². The monoisotopic (exact) mass is 290 g/mol. The van der Waals surface area contributed by atoms with Gasteiger partial charge in [-0.2, -0.15) is 0 Å². The molecule has 0 saturated carbocycles. The van der Waals surface area contributed by atoms with Gasteiger partial charge in [0.05, 0.1) is 24.9 Å². The third-order valence-electron chi connectivity index (χ3n) is 3.14. The molecule has 0 aliphatic heterocycles. The fourth-order valence-electron chi connectivity index (χ4n) is 1.99. The van der Waals surface area contributed by atoms with Gasteiger partial charge in [-0.25, -0.2) is 9.78 Å². The van der Waals surface area contributed by atoms with Crippen LogP contribution in [0.5, 0.6) is 0 Å². The van der Waals surface area contributed by atoms with Crippen LogP contribution in [-0.2, 0) is 17.7 Å². The number of aromatic nitrogens is 1. The summed E-state index contributed by atoms with van der Waals surface area (Å²) in [6.45, 7) is 4.71. The van der Waals surface area contributed by atoms with Crippen LogP contribution < -0.4 is 5.32 Å². The fraction of sp³-hybridized carbons (Fsp3) is 0.333. The van der Waals surface area contributed by atoms with Crippen molar-refractivity contribution in [3.63, 3.8) is 0 Å². The predicted molar refractivity (Wildman–Crippen MR) is 81.3 cm³/mol. The number of nitrogens with zero attached hydrogens (tertiary/aromatic N) is 1. The smallest absolute Gasteiger partial charge is 0.339 e. The molecule has 1 N–H and O–H groups in total. The van der Waals surface area contributed by atoms with Gasteiger partial charge in [0.1, 0.15) is 5.82 Å². The summed E-state index contributed by atoms with van der Waals surface area (Å²) in [6.07, 6.45) is 1.04. The zero-order valence-corrected chi connectivity index (χ0v) is 12.7. The van der Waals surface area contributed by atoms with Gasteiger partial charge in [-0.1, -0.05) is 6.92 Å². The van der Waals surface area contributed by atoms with Crippen molar-refractivity contribution in [2.45, 2.75) is 26.8 Å². The number of ether oxygens (including phenoxy) is 1. The molecule has 0 atom stereocenters. The zero-order chi connectivity index (χ0) is 14.5. The second kappa shape index (κ2) is 6.52.